The maximum absolute atomic E-state index is 12.6. The molecule has 2 aromatic carbocycles. The Bertz CT molecular complexity index is 968. The number of nitrogens with one attached hydrogen (secondary N) is 1. The molecule has 0 fully saturated rings. The van der Waals surface area contributed by atoms with Crippen LogP contribution in [0, 0.1) is 17.0 Å². The summed E-state index contributed by atoms with van der Waals surface area (Å²) in [5.74, 6) is -0.493. The number of anilines is 1. The molecule has 1 heterocycles. The lowest BCUT2D eigenvalue weighted by molar-refractivity contribution is -0.384. The van der Waals surface area contributed by atoms with Crippen molar-refractivity contribution in [2.75, 3.05) is 12.0 Å². The second-order valence-electron chi connectivity index (χ2n) is 6.39. The van der Waals surface area contributed by atoms with E-state index >= 15 is 0 Å². The van der Waals surface area contributed by atoms with Gasteiger partial charge in [-0.2, -0.15) is 0 Å². The third kappa shape index (κ3) is 3.59. The molecule has 0 saturated heterocycles. The predicted octanol–water partition coefficient (Wildman–Crippen LogP) is 3.79. The number of hydrogen-bond acceptors (Lipinski definition) is 5. The quantitative estimate of drug-likeness (QED) is 0.364. The highest BCUT2D eigenvalue weighted by molar-refractivity contribution is 7.80. The van der Waals surface area contributed by atoms with Gasteiger partial charge in [0.15, 0.2) is 5.11 Å². The Morgan fingerprint density at radius 1 is 1.14 bits per heavy atom. The molecule has 7 nitrogen and oxygen atoms in total. The van der Waals surface area contributed by atoms with Crippen molar-refractivity contribution in [2.24, 2.45) is 0 Å². The second-order valence-corrected chi connectivity index (χ2v) is 6.78. The van der Waals surface area contributed by atoms with Crippen LogP contribution in [0.25, 0.3) is 0 Å². The van der Waals surface area contributed by atoms with E-state index in [2.05, 4.69) is 5.32 Å². The average molecular weight is 397 g/mol. The molecule has 0 spiro atoms. The number of nitro benzene ring substituents is 1. The van der Waals surface area contributed by atoms with Crippen LogP contribution in [0.4, 0.5) is 11.4 Å². The normalized spacial score (nSPS) is 16.6. The topological polar surface area (TPSA) is 84.7 Å². The molecular weight excluding hydrogens is 378 g/mol. The summed E-state index contributed by atoms with van der Waals surface area (Å²) in [4.78, 5) is 24.8. The summed E-state index contributed by atoms with van der Waals surface area (Å²) in [5.41, 5.74) is 3.62. The van der Waals surface area contributed by atoms with Crippen LogP contribution in [0.15, 0.2) is 59.8 Å². The summed E-state index contributed by atoms with van der Waals surface area (Å²) in [7, 11) is 1.32. The van der Waals surface area contributed by atoms with Gasteiger partial charge in [-0.05, 0) is 55.9 Å². The van der Waals surface area contributed by atoms with E-state index in [1.54, 1.807) is 24.0 Å². The zero-order valence-corrected chi connectivity index (χ0v) is 16.4. The number of non-ortho nitro benzene ring substituents is 1. The van der Waals surface area contributed by atoms with Crippen LogP contribution >= 0.6 is 12.2 Å². The summed E-state index contributed by atoms with van der Waals surface area (Å²) in [6.07, 6.45) is 0. The number of ether oxygens (including phenoxy) is 1. The van der Waals surface area contributed by atoms with Gasteiger partial charge in [-0.15, -0.1) is 0 Å². The number of carbonyl (C=O) groups excluding carboxylic acids is 1. The van der Waals surface area contributed by atoms with Crippen molar-refractivity contribution in [3.05, 3.63) is 81.0 Å². The monoisotopic (exact) mass is 397 g/mol. The Morgan fingerprint density at radius 2 is 1.75 bits per heavy atom. The molecular formula is C20H19N3O4S. The van der Waals surface area contributed by atoms with E-state index in [4.69, 9.17) is 17.0 Å². The van der Waals surface area contributed by atoms with E-state index in [0.29, 0.717) is 21.9 Å². The number of hydrogen-bond donors (Lipinski definition) is 1. The van der Waals surface area contributed by atoms with Gasteiger partial charge in [-0.3, -0.25) is 15.0 Å². The van der Waals surface area contributed by atoms with Crippen molar-refractivity contribution < 1.29 is 14.5 Å². The van der Waals surface area contributed by atoms with E-state index in [-0.39, 0.29) is 5.69 Å². The van der Waals surface area contributed by atoms with Crippen molar-refractivity contribution >= 4 is 34.7 Å². The summed E-state index contributed by atoms with van der Waals surface area (Å²) >= 11 is 5.56. The van der Waals surface area contributed by atoms with Crippen molar-refractivity contribution in [2.45, 2.75) is 19.9 Å². The van der Waals surface area contributed by atoms with Crippen molar-refractivity contribution in [3.8, 4) is 0 Å². The largest absolute Gasteiger partial charge is 0.466 e. The summed E-state index contributed by atoms with van der Waals surface area (Å²) in [6, 6.07) is 13.2. The molecule has 1 N–H and O–H groups in total. The zero-order valence-electron chi connectivity index (χ0n) is 15.6. The number of allylic oxidation sites excluding steroid dienone is 1. The molecule has 1 aliphatic rings. The third-order valence-electron chi connectivity index (χ3n) is 4.62. The molecule has 8 heteroatoms. The Balaban J connectivity index is 2.09. The first-order valence-corrected chi connectivity index (χ1v) is 8.95. The van der Waals surface area contributed by atoms with Crippen LogP contribution in [0.2, 0.25) is 0 Å². The molecule has 0 aromatic heterocycles. The minimum absolute atomic E-state index is 0.0243. The molecule has 28 heavy (non-hydrogen) atoms. The summed E-state index contributed by atoms with van der Waals surface area (Å²) in [6.45, 7) is 3.79. The van der Waals surface area contributed by atoms with E-state index in [9.17, 15) is 14.9 Å². The Labute approximate surface area is 167 Å². The van der Waals surface area contributed by atoms with Crippen molar-refractivity contribution in [1.82, 2.24) is 5.32 Å². The number of benzene rings is 2. The van der Waals surface area contributed by atoms with Crippen LogP contribution in [-0.4, -0.2) is 23.1 Å². The zero-order chi connectivity index (χ0) is 20.4. The lowest BCUT2D eigenvalue weighted by Crippen LogP contribution is -2.48. The Kier molecular flexibility index (Phi) is 5.41. The van der Waals surface area contributed by atoms with Crippen molar-refractivity contribution in [1.29, 1.82) is 0 Å². The molecule has 3 rings (SSSR count). The summed E-state index contributed by atoms with van der Waals surface area (Å²) < 4.78 is 5.00. The predicted molar refractivity (Wildman–Crippen MR) is 110 cm³/mol. The van der Waals surface area contributed by atoms with Gasteiger partial charge in [0.1, 0.15) is 0 Å². The molecule has 0 saturated carbocycles. The van der Waals surface area contributed by atoms with E-state index in [1.807, 2.05) is 31.2 Å². The fourth-order valence-electron chi connectivity index (χ4n) is 3.16. The Hall–Kier alpha value is -3.26. The minimum Gasteiger partial charge on any atom is -0.466 e. The SMILES string of the molecule is COC(=O)C1=C(C)N(c2ccc(C)cc2)C(=S)N[C@@H]1c1ccc([N+](=O)[O-])cc1. The molecule has 144 valence electrons. The number of carbonyl (C=O) groups is 1. The first kappa shape index (κ1) is 19.5. The molecule has 0 radical (unpaired) electrons. The summed E-state index contributed by atoms with van der Waals surface area (Å²) in [5, 5.41) is 14.5. The lowest BCUT2D eigenvalue weighted by Gasteiger charge is -2.37. The van der Waals surface area contributed by atoms with Crippen LogP contribution in [0.1, 0.15) is 24.1 Å². The molecule has 1 atom stereocenters. The first-order valence-electron chi connectivity index (χ1n) is 8.54. The van der Waals surface area contributed by atoms with Gasteiger partial charge in [0.2, 0.25) is 0 Å². The molecule has 0 bridgehead atoms. The standard InChI is InChI=1S/C20H19N3O4S/c1-12-4-8-15(9-5-12)22-13(2)17(19(24)27-3)18(21-20(22)28)14-6-10-16(11-7-14)23(25)26/h4-11,18H,1-3H3,(H,21,28)/t18-/m1/s1. The first-order chi connectivity index (χ1) is 13.3. The molecule has 0 unspecified atom stereocenters. The van der Waals surface area contributed by atoms with Gasteiger partial charge in [0.25, 0.3) is 5.69 Å². The van der Waals surface area contributed by atoms with E-state index in [1.165, 1.54) is 19.2 Å². The maximum atomic E-state index is 12.6. The highest BCUT2D eigenvalue weighted by Crippen LogP contribution is 2.34. The average Bonchev–Trinajstić information content (AvgIpc) is 2.68. The number of thiocarbonyl (C=S) groups is 1. The van der Waals surface area contributed by atoms with E-state index < -0.39 is 16.9 Å². The lowest BCUT2D eigenvalue weighted by atomic mass is 9.94. The van der Waals surface area contributed by atoms with Crippen LogP contribution in [0.3, 0.4) is 0 Å². The number of rotatable bonds is 4. The molecule has 2 aromatic rings. The highest BCUT2D eigenvalue weighted by atomic mass is 32.1. The Morgan fingerprint density at radius 3 is 2.29 bits per heavy atom. The van der Waals surface area contributed by atoms with Gasteiger partial charge < -0.3 is 10.1 Å². The van der Waals surface area contributed by atoms with Crippen LogP contribution < -0.4 is 10.2 Å². The van der Waals surface area contributed by atoms with Gasteiger partial charge in [-0.25, -0.2) is 4.79 Å². The second kappa shape index (κ2) is 7.77. The van der Waals surface area contributed by atoms with Crippen LogP contribution in [-0.2, 0) is 9.53 Å². The van der Waals surface area contributed by atoms with Gasteiger partial charge in [0.05, 0.1) is 23.6 Å². The van der Waals surface area contributed by atoms with Crippen LogP contribution in [0.5, 0.6) is 0 Å². The fraction of sp³-hybridized carbons (Fsp3) is 0.200. The number of nitro groups is 1. The third-order valence-corrected chi connectivity index (χ3v) is 4.92. The molecule has 0 amide bonds. The number of esters is 1. The van der Waals surface area contributed by atoms with E-state index in [0.717, 1.165) is 11.3 Å². The number of aryl methyl sites for hydroxylation is 1. The fourth-order valence-corrected chi connectivity index (χ4v) is 3.52. The smallest absolute Gasteiger partial charge is 0.337 e. The van der Waals surface area contributed by atoms with Crippen molar-refractivity contribution in [3.63, 3.8) is 0 Å². The van der Waals surface area contributed by atoms with Gasteiger partial charge in [-0.1, -0.05) is 17.7 Å². The molecule has 1 aliphatic heterocycles. The van der Waals surface area contributed by atoms with Gasteiger partial charge >= 0.3 is 5.97 Å². The number of nitrogens with zero attached hydrogens (tertiary/aromatic N) is 2. The maximum Gasteiger partial charge on any atom is 0.337 e. The highest BCUT2D eigenvalue weighted by Gasteiger charge is 2.35. The molecule has 0 aliphatic carbocycles. The minimum atomic E-state index is -0.567. The number of methoxy groups -OCH3 is 1. The van der Waals surface area contributed by atoms with Gasteiger partial charge in [0, 0.05) is 23.5 Å².